The summed E-state index contributed by atoms with van der Waals surface area (Å²) in [5.74, 6) is -2.01. The normalized spacial score (nSPS) is 13.7. The number of hydrogen-bond acceptors (Lipinski definition) is 5. The number of ether oxygens (including phenoxy) is 2. The number of nitrogens with zero attached hydrogens (tertiary/aromatic N) is 1. The summed E-state index contributed by atoms with van der Waals surface area (Å²) in [6.45, 7) is 1.12. The summed E-state index contributed by atoms with van der Waals surface area (Å²) in [6, 6.07) is 9.95. The zero-order valence-corrected chi connectivity index (χ0v) is 14.0. The van der Waals surface area contributed by atoms with Crippen LogP contribution in [-0.2, 0) is 4.79 Å². The van der Waals surface area contributed by atoms with E-state index in [2.05, 4.69) is 0 Å². The Labute approximate surface area is 149 Å². The number of fused-ring (bicyclic) bond motifs is 1. The monoisotopic (exact) mass is 357 g/mol. The minimum Gasteiger partial charge on any atom is -0.493 e. The lowest BCUT2D eigenvalue weighted by Gasteiger charge is -2.18. The van der Waals surface area contributed by atoms with Crippen LogP contribution in [0, 0.1) is 5.82 Å². The topological polar surface area (TPSA) is 72.9 Å². The Hall–Kier alpha value is -3.22. The minimum atomic E-state index is -0.645. The highest BCUT2D eigenvalue weighted by Crippen LogP contribution is 2.25. The highest BCUT2D eigenvalue weighted by molar-refractivity contribution is 6.11. The van der Waals surface area contributed by atoms with Gasteiger partial charge in [-0.2, -0.15) is 0 Å². The largest absolute Gasteiger partial charge is 0.493 e. The summed E-state index contributed by atoms with van der Waals surface area (Å²) in [6.07, 6.45) is 0. The van der Waals surface area contributed by atoms with Crippen molar-refractivity contribution in [1.29, 1.82) is 0 Å². The van der Waals surface area contributed by atoms with Crippen LogP contribution in [0.2, 0.25) is 0 Å². The van der Waals surface area contributed by atoms with E-state index in [9.17, 15) is 18.8 Å². The molecule has 2 aromatic carbocycles. The van der Waals surface area contributed by atoms with Crippen molar-refractivity contribution in [3.8, 4) is 11.5 Å². The first-order valence-electron chi connectivity index (χ1n) is 8.03. The van der Waals surface area contributed by atoms with Crippen LogP contribution in [-0.4, -0.2) is 42.3 Å². The molecule has 26 heavy (non-hydrogen) atoms. The van der Waals surface area contributed by atoms with E-state index in [1.165, 1.54) is 18.2 Å². The predicted molar refractivity (Wildman–Crippen MR) is 89.9 cm³/mol. The van der Waals surface area contributed by atoms with Crippen LogP contribution in [0.3, 0.4) is 0 Å². The van der Waals surface area contributed by atoms with Crippen molar-refractivity contribution < 1.29 is 28.2 Å². The number of Topliss-reactive ketones (excluding diaryl/α,β-unsaturated/α-hetero) is 1. The van der Waals surface area contributed by atoms with Crippen molar-refractivity contribution in [2.45, 2.75) is 6.92 Å². The second kappa shape index (κ2) is 7.35. The Morgan fingerprint density at radius 3 is 2.77 bits per heavy atom. The number of hydrogen-bond donors (Lipinski definition) is 0. The average Bonchev–Trinajstić information content (AvgIpc) is 2.75. The van der Waals surface area contributed by atoms with Crippen LogP contribution in [0.5, 0.6) is 11.5 Å². The molecule has 0 aromatic heterocycles. The summed E-state index contributed by atoms with van der Waals surface area (Å²) in [4.78, 5) is 38.4. The molecule has 0 spiro atoms. The third-order valence-electron chi connectivity index (χ3n) is 3.86. The number of rotatable bonds is 5. The molecule has 0 bridgehead atoms. The Morgan fingerprint density at radius 2 is 2.00 bits per heavy atom. The molecule has 6 nitrogen and oxygen atoms in total. The van der Waals surface area contributed by atoms with Crippen molar-refractivity contribution in [1.82, 2.24) is 4.90 Å². The molecule has 1 heterocycles. The molecule has 0 fully saturated rings. The number of benzene rings is 2. The summed E-state index contributed by atoms with van der Waals surface area (Å²) in [5, 5.41) is 0. The molecular weight excluding hydrogens is 341 g/mol. The van der Waals surface area contributed by atoms with E-state index in [-0.39, 0.29) is 35.8 Å². The molecule has 134 valence electrons. The van der Waals surface area contributed by atoms with Gasteiger partial charge in [0.05, 0.1) is 24.3 Å². The third kappa shape index (κ3) is 3.42. The summed E-state index contributed by atoms with van der Waals surface area (Å²) in [7, 11) is 0. The molecule has 0 atom stereocenters. The molecule has 2 amide bonds. The van der Waals surface area contributed by atoms with Crippen LogP contribution in [0.15, 0.2) is 42.5 Å². The van der Waals surface area contributed by atoms with Gasteiger partial charge in [-0.25, -0.2) is 4.39 Å². The van der Waals surface area contributed by atoms with Gasteiger partial charge in [-0.1, -0.05) is 12.1 Å². The van der Waals surface area contributed by atoms with Crippen molar-refractivity contribution in [3.63, 3.8) is 0 Å². The van der Waals surface area contributed by atoms with Crippen LogP contribution in [0.4, 0.5) is 4.39 Å². The quantitative estimate of drug-likeness (QED) is 0.607. The molecule has 0 unspecified atom stereocenters. The first-order chi connectivity index (χ1) is 12.5. The van der Waals surface area contributed by atoms with Gasteiger partial charge >= 0.3 is 0 Å². The van der Waals surface area contributed by atoms with E-state index in [1.807, 2.05) is 0 Å². The lowest BCUT2D eigenvalue weighted by atomic mass is 10.1. The maximum Gasteiger partial charge on any atom is 0.267 e. The van der Waals surface area contributed by atoms with Crippen molar-refractivity contribution >= 4 is 17.6 Å². The van der Waals surface area contributed by atoms with Gasteiger partial charge in [0, 0.05) is 0 Å². The highest BCUT2D eigenvalue weighted by Gasteiger charge is 2.31. The minimum absolute atomic E-state index is 0.0223. The summed E-state index contributed by atoms with van der Waals surface area (Å²) >= 11 is 0. The lowest BCUT2D eigenvalue weighted by molar-refractivity contribution is -0.129. The Morgan fingerprint density at radius 1 is 1.23 bits per heavy atom. The van der Waals surface area contributed by atoms with Crippen LogP contribution < -0.4 is 9.47 Å². The summed E-state index contributed by atoms with van der Waals surface area (Å²) < 4.78 is 24.2. The Bertz CT molecular complexity index is 880. The number of para-hydroxylation sites is 1. The molecule has 7 heteroatoms. The van der Waals surface area contributed by atoms with Crippen molar-refractivity contribution in [3.05, 3.63) is 59.4 Å². The van der Waals surface area contributed by atoms with E-state index >= 15 is 0 Å². The van der Waals surface area contributed by atoms with Crippen molar-refractivity contribution in [2.24, 2.45) is 0 Å². The zero-order chi connectivity index (χ0) is 18.7. The standard InChI is InChI=1S/C19H16FNO5/c1-2-25-17-8-7-12(20)9-14(17)15(22)10-21-18(23)11-26-16-6-4-3-5-13(16)19(21)24/h3-9H,2,10-11H2,1H3. The second-order valence-corrected chi connectivity index (χ2v) is 5.57. The van der Waals surface area contributed by atoms with Gasteiger partial charge in [0.1, 0.15) is 17.3 Å². The maximum atomic E-state index is 13.6. The molecule has 1 aliphatic heterocycles. The third-order valence-corrected chi connectivity index (χ3v) is 3.86. The molecule has 0 saturated heterocycles. The number of imide groups is 1. The van der Waals surface area contributed by atoms with E-state index in [1.54, 1.807) is 25.1 Å². The molecule has 2 aromatic rings. The predicted octanol–water partition coefficient (Wildman–Crippen LogP) is 2.47. The van der Waals surface area contributed by atoms with Gasteiger partial charge in [-0.15, -0.1) is 0 Å². The number of halogens is 1. The van der Waals surface area contributed by atoms with Crippen LogP contribution in [0.25, 0.3) is 0 Å². The molecule has 0 N–H and O–H groups in total. The highest BCUT2D eigenvalue weighted by atomic mass is 19.1. The Balaban J connectivity index is 1.90. The molecule has 0 aliphatic carbocycles. The number of carbonyl (C=O) groups is 3. The van der Waals surface area contributed by atoms with Gasteiger partial charge in [-0.05, 0) is 37.3 Å². The smallest absolute Gasteiger partial charge is 0.267 e. The maximum absolute atomic E-state index is 13.6. The van der Waals surface area contributed by atoms with Gasteiger partial charge in [0.2, 0.25) is 0 Å². The zero-order valence-electron chi connectivity index (χ0n) is 14.0. The fourth-order valence-electron chi connectivity index (χ4n) is 2.64. The van der Waals surface area contributed by atoms with E-state index in [0.29, 0.717) is 0 Å². The molecular formula is C19H16FNO5. The summed E-state index contributed by atoms with van der Waals surface area (Å²) in [5.41, 5.74) is 0.168. The molecule has 1 aliphatic rings. The van der Waals surface area contributed by atoms with Gasteiger partial charge in [0.25, 0.3) is 11.8 Å². The van der Waals surface area contributed by atoms with E-state index in [0.717, 1.165) is 11.0 Å². The second-order valence-electron chi connectivity index (χ2n) is 5.57. The van der Waals surface area contributed by atoms with Gasteiger partial charge < -0.3 is 9.47 Å². The fourth-order valence-corrected chi connectivity index (χ4v) is 2.64. The van der Waals surface area contributed by atoms with E-state index in [4.69, 9.17) is 9.47 Å². The fraction of sp³-hybridized carbons (Fsp3) is 0.211. The SMILES string of the molecule is CCOc1ccc(F)cc1C(=O)CN1C(=O)COc2ccccc2C1=O. The molecule has 0 saturated carbocycles. The van der Waals surface area contributed by atoms with Crippen LogP contribution in [0.1, 0.15) is 27.6 Å². The van der Waals surface area contributed by atoms with Crippen molar-refractivity contribution in [2.75, 3.05) is 19.8 Å². The lowest BCUT2D eigenvalue weighted by Crippen LogP contribution is -2.41. The van der Waals surface area contributed by atoms with E-state index < -0.39 is 30.0 Å². The first-order valence-corrected chi connectivity index (χ1v) is 8.03. The van der Waals surface area contributed by atoms with Gasteiger partial charge in [-0.3, -0.25) is 19.3 Å². The van der Waals surface area contributed by atoms with Crippen LogP contribution >= 0.6 is 0 Å². The molecule has 3 rings (SSSR count). The number of ketones is 1. The first kappa shape index (κ1) is 17.6. The number of amides is 2. The number of carbonyl (C=O) groups excluding carboxylic acids is 3. The van der Waals surface area contributed by atoms with Gasteiger partial charge in [0.15, 0.2) is 12.4 Å². The Kier molecular flexibility index (Phi) is 4.97. The molecule has 0 radical (unpaired) electrons. The average molecular weight is 357 g/mol.